The normalized spacial score (nSPS) is 20.2. The van der Waals surface area contributed by atoms with Crippen molar-refractivity contribution < 1.29 is 4.74 Å². The van der Waals surface area contributed by atoms with Crippen molar-refractivity contribution in [3.8, 4) is 0 Å². The fourth-order valence-electron chi connectivity index (χ4n) is 2.67. The summed E-state index contributed by atoms with van der Waals surface area (Å²) in [5.41, 5.74) is 1.39. The second-order valence-electron chi connectivity index (χ2n) is 5.48. The summed E-state index contributed by atoms with van der Waals surface area (Å²) >= 11 is 1.97. The Kier molecular flexibility index (Phi) is 6.91. The average molecular weight is 293 g/mol. The minimum Gasteiger partial charge on any atom is -0.378 e. The molecule has 0 saturated carbocycles. The lowest BCUT2D eigenvalue weighted by molar-refractivity contribution is 0.104. The molecule has 0 bridgehead atoms. The molecule has 0 aliphatic carbocycles. The van der Waals surface area contributed by atoms with Gasteiger partial charge in [-0.1, -0.05) is 19.1 Å². The smallest absolute Gasteiger partial charge is 0.0576 e. The SMILES string of the molecule is CCNC(C)c1cccc(SCCCC2CCCO2)c1. The molecule has 1 aromatic rings. The van der Waals surface area contributed by atoms with Crippen LogP contribution in [0.4, 0.5) is 0 Å². The van der Waals surface area contributed by atoms with Gasteiger partial charge in [0.15, 0.2) is 0 Å². The van der Waals surface area contributed by atoms with Crippen molar-refractivity contribution in [2.45, 2.75) is 56.6 Å². The van der Waals surface area contributed by atoms with Crippen molar-refractivity contribution in [3.63, 3.8) is 0 Å². The Morgan fingerprint density at radius 1 is 1.45 bits per heavy atom. The van der Waals surface area contributed by atoms with Gasteiger partial charge in [0.25, 0.3) is 0 Å². The maximum atomic E-state index is 5.67. The highest BCUT2D eigenvalue weighted by Crippen LogP contribution is 2.25. The van der Waals surface area contributed by atoms with E-state index < -0.39 is 0 Å². The van der Waals surface area contributed by atoms with Crippen LogP contribution < -0.4 is 5.32 Å². The van der Waals surface area contributed by atoms with Gasteiger partial charge in [0.2, 0.25) is 0 Å². The molecule has 2 nitrogen and oxygen atoms in total. The zero-order valence-electron chi connectivity index (χ0n) is 12.7. The van der Waals surface area contributed by atoms with Crippen LogP contribution in [-0.2, 0) is 4.74 Å². The Balaban J connectivity index is 1.73. The molecule has 3 heteroatoms. The molecule has 2 unspecified atom stereocenters. The van der Waals surface area contributed by atoms with Gasteiger partial charge in [-0.25, -0.2) is 0 Å². The second-order valence-corrected chi connectivity index (χ2v) is 6.65. The minimum absolute atomic E-state index is 0.437. The lowest BCUT2D eigenvalue weighted by Gasteiger charge is -2.14. The van der Waals surface area contributed by atoms with Gasteiger partial charge < -0.3 is 10.1 Å². The molecule has 1 fully saturated rings. The number of ether oxygens (including phenoxy) is 1. The first kappa shape index (κ1) is 15.9. The molecule has 0 aromatic heterocycles. The summed E-state index contributed by atoms with van der Waals surface area (Å²) < 4.78 is 5.67. The number of rotatable bonds is 8. The van der Waals surface area contributed by atoms with Crippen LogP contribution in [-0.4, -0.2) is 25.0 Å². The number of hydrogen-bond donors (Lipinski definition) is 1. The molecule has 2 rings (SSSR count). The van der Waals surface area contributed by atoms with E-state index in [0.29, 0.717) is 12.1 Å². The summed E-state index contributed by atoms with van der Waals surface area (Å²) in [5.74, 6) is 1.19. The fourth-order valence-corrected chi connectivity index (χ4v) is 3.61. The first-order valence-corrected chi connectivity index (χ1v) is 8.86. The van der Waals surface area contributed by atoms with E-state index in [0.717, 1.165) is 13.2 Å². The zero-order chi connectivity index (χ0) is 14.2. The maximum Gasteiger partial charge on any atom is 0.0576 e. The lowest BCUT2D eigenvalue weighted by atomic mass is 10.1. The van der Waals surface area contributed by atoms with Crippen LogP contribution in [0.15, 0.2) is 29.2 Å². The third kappa shape index (κ3) is 5.12. The zero-order valence-corrected chi connectivity index (χ0v) is 13.5. The number of benzene rings is 1. The lowest BCUT2D eigenvalue weighted by Crippen LogP contribution is -2.17. The van der Waals surface area contributed by atoms with E-state index in [4.69, 9.17) is 4.74 Å². The quantitative estimate of drug-likeness (QED) is 0.567. The number of hydrogen-bond acceptors (Lipinski definition) is 3. The Morgan fingerprint density at radius 2 is 2.35 bits per heavy atom. The summed E-state index contributed by atoms with van der Waals surface area (Å²) in [6.45, 7) is 6.37. The van der Waals surface area contributed by atoms with Crippen molar-refractivity contribution in [2.24, 2.45) is 0 Å². The van der Waals surface area contributed by atoms with E-state index in [1.807, 2.05) is 11.8 Å². The molecule has 0 radical (unpaired) electrons. The van der Waals surface area contributed by atoms with Crippen LogP contribution in [0, 0.1) is 0 Å². The molecule has 1 N–H and O–H groups in total. The predicted octanol–water partition coefficient (Wildman–Crippen LogP) is 4.41. The monoisotopic (exact) mass is 293 g/mol. The standard InChI is InChI=1S/C17H27NOS/c1-3-18-14(2)15-7-4-10-17(13-15)20-12-6-9-16-8-5-11-19-16/h4,7,10,13-14,16,18H,3,5-6,8-9,11-12H2,1-2H3. The van der Waals surface area contributed by atoms with Crippen LogP contribution in [0.2, 0.25) is 0 Å². The van der Waals surface area contributed by atoms with Crippen LogP contribution in [0.3, 0.4) is 0 Å². The van der Waals surface area contributed by atoms with E-state index in [9.17, 15) is 0 Å². The van der Waals surface area contributed by atoms with Crippen LogP contribution >= 0.6 is 11.8 Å². The molecule has 1 heterocycles. The summed E-state index contributed by atoms with van der Waals surface area (Å²) in [5, 5.41) is 3.47. The van der Waals surface area contributed by atoms with Gasteiger partial charge >= 0.3 is 0 Å². The van der Waals surface area contributed by atoms with Crippen molar-refractivity contribution in [1.29, 1.82) is 0 Å². The van der Waals surface area contributed by atoms with E-state index in [2.05, 4.69) is 43.4 Å². The third-order valence-electron chi connectivity index (χ3n) is 3.83. The highest BCUT2D eigenvalue weighted by atomic mass is 32.2. The van der Waals surface area contributed by atoms with Crippen LogP contribution in [0.25, 0.3) is 0 Å². The topological polar surface area (TPSA) is 21.3 Å². The van der Waals surface area contributed by atoms with Gasteiger partial charge in [-0.3, -0.25) is 0 Å². The van der Waals surface area contributed by atoms with Crippen molar-refractivity contribution in [1.82, 2.24) is 5.32 Å². The van der Waals surface area contributed by atoms with Gasteiger partial charge in [0, 0.05) is 17.5 Å². The Hall–Kier alpha value is -0.510. The summed E-state index contributed by atoms with van der Waals surface area (Å²) in [4.78, 5) is 1.39. The largest absolute Gasteiger partial charge is 0.378 e. The summed E-state index contributed by atoms with van der Waals surface area (Å²) in [7, 11) is 0. The van der Waals surface area contributed by atoms with E-state index in [1.54, 1.807) is 0 Å². The van der Waals surface area contributed by atoms with Crippen LogP contribution in [0.1, 0.15) is 51.1 Å². The highest BCUT2D eigenvalue weighted by Gasteiger charge is 2.14. The number of thioether (sulfide) groups is 1. The van der Waals surface area contributed by atoms with Crippen molar-refractivity contribution in [2.75, 3.05) is 18.9 Å². The van der Waals surface area contributed by atoms with E-state index >= 15 is 0 Å². The van der Waals surface area contributed by atoms with Gasteiger partial charge in [0.05, 0.1) is 6.10 Å². The number of nitrogens with one attached hydrogen (secondary N) is 1. The molecular weight excluding hydrogens is 266 g/mol. The van der Waals surface area contributed by atoms with E-state index in [1.165, 1.54) is 41.9 Å². The predicted molar refractivity (Wildman–Crippen MR) is 87.5 cm³/mol. The summed E-state index contributed by atoms with van der Waals surface area (Å²) in [6.07, 6.45) is 5.53. The average Bonchev–Trinajstić information content (AvgIpc) is 2.97. The second kappa shape index (κ2) is 8.71. The molecule has 20 heavy (non-hydrogen) atoms. The van der Waals surface area contributed by atoms with Crippen LogP contribution in [0.5, 0.6) is 0 Å². The molecule has 1 aromatic carbocycles. The minimum atomic E-state index is 0.437. The van der Waals surface area contributed by atoms with Gasteiger partial charge in [-0.05, 0) is 62.6 Å². The first-order valence-electron chi connectivity index (χ1n) is 7.87. The molecule has 1 aliphatic heterocycles. The Morgan fingerprint density at radius 3 is 3.10 bits per heavy atom. The third-order valence-corrected chi connectivity index (χ3v) is 4.91. The molecule has 0 spiro atoms. The van der Waals surface area contributed by atoms with Crippen molar-refractivity contribution in [3.05, 3.63) is 29.8 Å². The Labute approximate surface area is 127 Å². The maximum absolute atomic E-state index is 5.67. The fraction of sp³-hybridized carbons (Fsp3) is 0.647. The van der Waals surface area contributed by atoms with Crippen molar-refractivity contribution >= 4 is 11.8 Å². The van der Waals surface area contributed by atoms with Gasteiger partial charge in [0.1, 0.15) is 0 Å². The molecule has 1 aliphatic rings. The van der Waals surface area contributed by atoms with E-state index in [-0.39, 0.29) is 0 Å². The molecule has 112 valence electrons. The highest BCUT2D eigenvalue weighted by molar-refractivity contribution is 7.99. The first-order chi connectivity index (χ1) is 9.79. The van der Waals surface area contributed by atoms with Gasteiger partial charge in [-0.15, -0.1) is 11.8 Å². The van der Waals surface area contributed by atoms with Gasteiger partial charge in [-0.2, -0.15) is 0 Å². The summed E-state index contributed by atoms with van der Waals surface area (Å²) in [6, 6.07) is 9.37. The molecule has 1 saturated heterocycles. The molecular formula is C17H27NOS. The Bertz CT molecular complexity index is 390. The molecule has 2 atom stereocenters. The molecule has 0 amide bonds.